The second-order valence-electron chi connectivity index (χ2n) is 4.82. The van der Waals surface area contributed by atoms with E-state index in [-0.39, 0.29) is 5.69 Å². The maximum Gasteiger partial charge on any atom is 0.354 e. The van der Waals surface area contributed by atoms with Gasteiger partial charge >= 0.3 is 5.97 Å². The Morgan fingerprint density at radius 2 is 2.14 bits per heavy atom. The summed E-state index contributed by atoms with van der Waals surface area (Å²) in [6.07, 6.45) is 5.33. The van der Waals surface area contributed by atoms with Gasteiger partial charge in [-0.15, -0.1) is 0 Å². The molecule has 0 spiro atoms. The van der Waals surface area contributed by atoms with Crippen molar-refractivity contribution in [3.8, 4) is 5.82 Å². The smallest absolute Gasteiger partial charge is 0.354 e. The van der Waals surface area contributed by atoms with Gasteiger partial charge < -0.3 is 5.11 Å². The van der Waals surface area contributed by atoms with Gasteiger partial charge in [0.15, 0.2) is 5.69 Å². The van der Waals surface area contributed by atoms with Gasteiger partial charge in [-0.05, 0) is 17.9 Å². The fraction of sp³-hybridized carbons (Fsp3) is 0.188. The lowest BCUT2D eigenvalue weighted by atomic mass is 10.1. The number of fused-ring (bicyclic) bond motifs is 1. The number of carboxylic acid groups (broad SMARTS) is 1. The van der Waals surface area contributed by atoms with Crippen LogP contribution in [-0.2, 0) is 6.42 Å². The summed E-state index contributed by atoms with van der Waals surface area (Å²) in [4.78, 5) is 19.9. The predicted molar refractivity (Wildman–Crippen MR) is 79.8 cm³/mol. The van der Waals surface area contributed by atoms with Crippen molar-refractivity contribution in [3.63, 3.8) is 0 Å². The normalized spacial score (nSPS) is 10.9. The Morgan fingerprint density at radius 1 is 1.33 bits per heavy atom. The summed E-state index contributed by atoms with van der Waals surface area (Å²) in [5.41, 5.74) is 0.0415. The van der Waals surface area contributed by atoms with E-state index in [0.717, 1.165) is 29.4 Å². The van der Waals surface area contributed by atoms with Gasteiger partial charge in [-0.25, -0.2) is 14.8 Å². The Hall–Kier alpha value is -2.69. The first-order valence-electron chi connectivity index (χ1n) is 6.86. The number of aromatic nitrogens is 3. The van der Waals surface area contributed by atoms with Crippen LogP contribution in [0, 0.1) is 0 Å². The summed E-state index contributed by atoms with van der Waals surface area (Å²) in [5, 5.41) is 11.0. The Kier molecular flexibility index (Phi) is 3.39. The third kappa shape index (κ3) is 2.38. The zero-order chi connectivity index (χ0) is 14.8. The van der Waals surface area contributed by atoms with Crippen molar-refractivity contribution in [1.82, 2.24) is 14.5 Å². The molecule has 1 aromatic carbocycles. The number of carboxylic acids is 1. The van der Waals surface area contributed by atoms with Crippen molar-refractivity contribution in [3.05, 3.63) is 54.2 Å². The van der Waals surface area contributed by atoms with Crippen molar-refractivity contribution < 1.29 is 9.90 Å². The number of aryl methyl sites for hydroxylation is 1. The lowest BCUT2D eigenvalue weighted by Gasteiger charge is -2.11. The molecule has 0 unspecified atom stereocenters. The van der Waals surface area contributed by atoms with Gasteiger partial charge in [-0.3, -0.25) is 4.57 Å². The molecule has 21 heavy (non-hydrogen) atoms. The molecule has 0 aliphatic heterocycles. The summed E-state index contributed by atoms with van der Waals surface area (Å²) >= 11 is 0. The molecule has 3 rings (SSSR count). The summed E-state index contributed by atoms with van der Waals surface area (Å²) < 4.78 is 1.87. The molecule has 2 heterocycles. The average Bonchev–Trinajstić information content (AvgIpc) is 2.94. The number of nitrogens with zero attached hydrogens (tertiary/aromatic N) is 3. The van der Waals surface area contributed by atoms with Crippen LogP contribution in [0.1, 0.15) is 29.7 Å². The largest absolute Gasteiger partial charge is 0.477 e. The van der Waals surface area contributed by atoms with E-state index in [4.69, 9.17) is 0 Å². The first kappa shape index (κ1) is 13.3. The molecular weight excluding hydrogens is 266 g/mol. The molecule has 1 N–H and O–H groups in total. The SMILES string of the molecule is CCCc1nccn1-c1nc(C(=O)O)cc2ccccc12. The molecule has 0 bridgehead atoms. The van der Waals surface area contributed by atoms with Crippen LogP contribution >= 0.6 is 0 Å². The quantitative estimate of drug-likeness (QED) is 0.798. The number of hydrogen-bond donors (Lipinski definition) is 1. The maximum absolute atomic E-state index is 11.3. The molecule has 5 heteroatoms. The molecule has 2 aromatic heterocycles. The molecule has 106 valence electrons. The summed E-state index contributed by atoms with van der Waals surface area (Å²) in [5.74, 6) is 0.475. The highest BCUT2D eigenvalue weighted by atomic mass is 16.4. The summed E-state index contributed by atoms with van der Waals surface area (Å²) in [6, 6.07) is 9.24. The molecule has 0 amide bonds. The van der Waals surface area contributed by atoms with Crippen molar-refractivity contribution in [2.45, 2.75) is 19.8 Å². The lowest BCUT2D eigenvalue weighted by Crippen LogP contribution is -2.08. The molecule has 0 saturated heterocycles. The van der Waals surface area contributed by atoms with Crippen molar-refractivity contribution >= 4 is 16.7 Å². The highest BCUT2D eigenvalue weighted by molar-refractivity contribution is 5.95. The number of benzene rings is 1. The number of pyridine rings is 1. The van der Waals surface area contributed by atoms with Crippen molar-refractivity contribution in [2.75, 3.05) is 0 Å². The molecule has 0 fully saturated rings. The van der Waals surface area contributed by atoms with Crippen LogP contribution in [0.3, 0.4) is 0 Å². The number of carbonyl (C=O) groups is 1. The second kappa shape index (κ2) is 5.36. The Balaban J connectivity index is 2.29. The lowest BCUT2D eigenvalue weighted by molar-refractivity contribution is 0.0690. The van der Waals surface area contributed by atoms with Gasteiger partial charge in [0.25, 0.3) is 0 Å². The Morgan fingerprint density at radius 3 is 2.90 bits per heavy atom. The van der Waals surface area contributed by atoms with Gasteiger partial charge in [0.2, 0.25) is 0 Å². The van der Waals surface area contributed by atoms with Crippen LogP contribution in [0.25, 0.3) is 16.6 Å². The van der Waals surface area contributed by atoms with Crippen molar-refractivity contribution in [1.29, 1.82) is 0 Å². The fourth-order valence-electron chi connectivity index (χ4n) is 2.41. The first-order chi connectivity index (χ1) is 10.2. The van der Waals surface area contributed by atoms with Crippen molar-refractivity contribution in [2.24, 2.45) is 0 Å². The second-order valence-corrected chi connectivity index (χ2v) is 4.82. The van der Waals surface area contributed by atoms with E-state index >= 15 is 0 Å². The van der Waals surface area contributed by atoms with Gasteiger partial charge in [0.1, 0.15) is 11.6 Å². The van der Waals surface area contributed by atoms with Gasteiger partial charge in [0, 0.05) is 24.2 Å². The molecule has 0 radical (unpaired) electrons. The standard InChI is InChI=1S/C16H15N3O2/c1-2-5-14-17-8-9-19(14)15-12-7-4-3-6-11(12)10-13(18-15)16(20)21/h3-4,6-10H,2,5H2,1H3,(H,20,21). The van der Waals surface area contributed by atoms with Gasteiger partial charge in [-0.1, -0.05) is 31.2 Å². The number of imidazole rings is 1. The third-order valence-electron chi connectivity index (χ3n) is 3.36. The van der Waals surface area contributed by atoms with E-state index in [0.29, 0.717) is 5.82 Å². The minimum Gasteiger partial charge on any atom is -0.477 e. The highest BCUT2D eigenvalue weighted by Crippen LogP contribution is 2.23. The number of aromatic carboxylic acids is 1. The molecule has 0 aliphatic rings. The number of hydrogen-bond acceptors (Lipinski definition) is 3. The topological polar surface area (TPSA) is 68.0 Å². The van der Waals surface area contributed by atoms with E-state index in [1.54, 1.807) is 12.3 Å². The Labute approximate surface area is 121 Å². The first-order valence-corrected chi connectivity index (χ1v) is 6.86. The highest BCUT2D eigenvalue weighted by Gasteiger charge is 2.14. The fourth-order valence-corrected chi connectivity index (χ4v) is 2.41. The predicted octanol–water partition coefficient (Wildman–Crippen LogP) is 3.07. The van der Waals surface area contributed by atoms with Crippen LogP contribution in [0.4, 0.5) is 0 Å². The van der Waals surface area contributed by atoms with Crippen LogP contribution in [0.15, 0.2) is 42.7 Å². The molecular formula is C16H15N3O2. The van der Waals surface area contributed by atoms with E-state index in [1.807, 2.05) is 35.0 Å². The molecule has 0 aliphatic carbocycles. The monoisotopic (exact) mass is 281 g/mol. The minimum atomic E-state index is -1.03. The number of rotatable bonds is 4. The minimum absolute atomic E-state index is 0.0415. The van der Waals surface area contributed by atoms with Gasteiger partial charge in [0.05, 0.1) is 0 Å². The third-order valence-corrected chi connectivity index (χ3v) is 3.36. The van der Waals surface area contributed by atoms with E-state index < -0.39 is 5.97 Å². The molecule has 3 aromatic rings. The van der Waals surface area contributed by atoms with Crippen LogP contribution < -0.4 is 0 Å². The van der Waals surface area contributed by atoms with Crippen LogP contribution in [0.5, 0.6) is 0 Å². The molecule has 5 nitrogen and oxygen atoms in total. The van der Waals surface area contributed by atoms with Crippen LogP contribution in [0.2, 0.25) is 0 Å². The van der Waals surface area contributed by atoms with E-state index in [9.17, 15) is 9.90 Å². The van der Waals surface area contributed by atoms with Gasteiger partial charge in [-0.2, -0.15) is 0 Å². The maximum atomic E-state index is 11.3. The summed E-state index contributed by atoms with van der Waals surface area (Å²) in [6.45, 7) is 2.08. The zero-order valence-corrected chi connectivity index (χ0v) is 11.7. The molecule has 0 saturated carbocycles. The Bertz CT molecular complexity index is 808. The zero-order valence-electron chi connectivity index (χ0n) is 11.7. The summed E-state index contributed by atoms with van der Waals surface area (Å²) in [7, 11) is 0. The molecule has 0 atom stereocenters. The van der Waals surface area contributed by atoms with E-state index in [1.165, 1.54) is 0 Å². The van der Waals surface area contributed by atoms with Crippen LogP contribution in [-0.4, -0.2) is 25.6 Å². The average molecular weight is 281 g/mol. The van der Waals surface area contributed by atoms with E-state index in [2.05, 4.69) is 16.9 Å².